The van der Waals surface area contributed by atoms with Crippen LogP contribution in [0, 0.1) is 22.7 Å². The van der Waals surface area contributed by atoms with Crippen LogP contribution in [0.1, 0.15) is 17.0 Å². The zero-order valence-corrected chi connectivity index (χ0v) is 11.6. The van der Waals surface area contributed by atoms with Crippen LogP contribution in [0.5, 0.6) is 0 Å². The number of rotatable bonds is 6. The average Bonchev–Trinajstić information content (AvgIpc) is 2.95. The van der Waals surface area contributed by atoms with Gasteiger partial charge < -0.3 is 10.1 Å². The van der Waals surface area contributed by atoms with Crippen molar-refractivity contribution in [1.29, 1.82) is 10.5 Å². The summed E-state index contributed by atoms with van der Waals surface area (Å²) in [7, 11) is 1.66. The van der Waals surface area contributed by atoms with E-state index in [-0.39, 0.29) is 11.4 Å². The topological polar surface area (TPSA) is 99.5 Å². The molecule has 106 valence electrons. The van der Waals surface area contributed by atoms with Crippen molar-refractivity contribution in [1.82, 2.24) is 19.9 Å². The van der Waals surface area contributed by atoms with Gasteiger partial charge in [0.2, 0.25) is 0 Å². The second-order valence-corrected chi connectivity index (χ2v) is 4.23. The van der Waals surface area contributed by atoms with E-state index in [4.69, 9.17) is 15.3 Å². The number of nitriles is 2. The van der Waals surface area contributed by atoms with Crippen LogP contribution in [-0.4, -0.2) is 34.8 Å². The molecule has 7 nitrogen and oxygen atoms in total. The van der Waals surface area contributed by atoms with Gasteiger partial charge in [-0.15, -0.1) is 0 Å². The fourth-order valence-corrected chi connectivity index (χ4v) is 1.78. The number of nitrogens with zero attached hydrogens (tertiary/aromatic N) is 5. The maximum atomic E-state index is 9.09. The van der Waals surface area contributed by atoms with E-state index in [1.54, 1.807) is 19.4 Å². The molecule has 2 rings (SSSR count). The van der Waals surface area contributed by atoms with Gasteiger partial charge in [-0.25, -0.2) is 9.97 Å². The molecule has 0 aliphatic rings. The molecule has 2 aromatic rings. The number of nitrogens with one attached hydrogen (secondary N) is 1. The van der Waals surface area contributed by atoms with E-state index in [1.807, 2.05) is 18.2 Å². The van der Waals surface area contributed by atoms with E-state index < -0.39 is 0 Å². The van der Waals surface area contributed by atoms with E-state index in [0.29, 0.717) is 19.0 Å². The predicted molar refractivity (Wildman–Crippen MR) is 74.4 cm³/mol. The SMILES string of the molecule is COCCNCc1ccc(-n2cnc(C#N)c2C#N)nc1. The summed E-state index contributed by atoms with van der Waals surface area (Å²) in [5, 5.41) is 21.2. The number of hydrogen-bond donors (Lipinski definition) is 1. The lowest BCUT2D eigenvalue weighted by Gasteiger charge is -2.06. The Kier molecular flexibility index (Phi) is 4.99. The smallest absolute Gasteiger partial charge is 0.177 e. The van der Waals surface area contributed by atoms with Gasteiger partial charge in [0, 0.05) is 26.4 Å². The molecule has 2 heterocycles. The summed E-state index contributed by atoms with van der Waals surface area (Å²) in [6, 6.07) is 7.55. The zero-order valence-electron chi connectivity index (χ0n) is 11.6. The Hall–Kier alpha value is -2.74. The highest BCUT2D eigenvalue weighted by Crippen LogP contribution is 2.12. The maximum absolute atomic E-state index is 9.09. The van der Waals surface area contributed by atoms with Crippen LogP contribution in [0.25, 0.3) is 5.82 Å². The molecule has 0 spiro atoms. The highest BCUT2D eigenvalue weighted by Gasteiger charge is 2.11. The molecule has 0 fully saturated rings. The van der Waals surface area contributed by atoms with E-state index in [9.17, 15) is 0 Å². The standard InChI is InChI=1S/C14H14N6O/c1-21-5-4-17-8-11-2-3-14(18-9-11)20-10-19-12(6-15)13(20)7-16/h2-3,9-10,17H,4-5,8H2,1H3. The van der Waals surface area contributed by atoms with Crippen molar-refractivity contribution in [3.63, 3.8) is 0 Å². The van der Waals surface area contributed by atoms with E-state index >= 15 is 0 Å². The van der Waals surface area contributed by atoms with E-state index in [0.717, 1.165) is 12.1 Å². The van der Waals surface area contributed by atoms with Crippen LogP contribution >= 0.6 is 0 Å². The van der Waals surface area contributed by atoms with E-state index in [1.165, 1.54) is 10.9 Å². The first-order valence-corrected chi connectivity index (χ1v) is 6.32. The predicted octanol–water partition coefficient (Wildman–Crippen LogP) is 0.747. The lowest BCUT2D eigenvalue weighted by atomic mass is 10.2. The first kappa shape index (κ1) is 14.7. The molecule has 0 atom stereocenters. The summed E-state index contributed by atoms with van der Waals surface area (Å²) in [5.74, 6) is 0.557. The molecule has 0 amide bonds. The summed E-state index contributed by atoms with van der Waals surface area (Å²) in [6.45, 7) is 2.11. The fourth-order valence-electron chi connectivity index (χ4n) is 1.78. The van der Waals surface area contributed by atoms with Crippen LogP contribution in [0.4, 0.5) is 0 Å². The monoisotopic (exact) mass is 282 g/mol. The third kappa shape index (κ3) is 3.42. The van der Waals surface area contributed by atoms with Gasteiger partial charge in [-0.2, -0.15) is 10.5 Å². The Balaban J connectivity index is 2.11. The normalized spacial score (nSPS) is 10.0. The highest BCUT2D eigenvalue weighted by atomic mass is 16.5. The van der Waals surface area contributed by atoms with Gasteiger partial charge in [-0.05, 0) is 11.6 Å². The fraction of sp³-hybridized carbons (Fsp3) is 0.286. The summed E-state index contributed by atoms with van der Waals surface area (Å²) < 4.78 is 6.45. The van der Waals surface area contributed by atoms with Gasteiger partial charge in [0.1, 0.15) is 24.3 Å². The molecule has 1 N–H and O–H groups in total. The molecular formula is C14H14N6O. The lowest BCUT2D eigenvalue weighted by molar-refractivity contribution is 0.199. The van der Waals surface area contributed by atoms with Crippen molar-refractivity contribution in [2.75, 3.05) is 20.3 Å². The first-order chi connectivity index (χ1) is 10.3. The number of aromatic nitrogens is 3. The summed E-state index contributed by atoms with van der Waals surface area (Å²) >= 11 is 0. The van der Waals surface area contributed by atoms with Crippen molar-refractivity contribution in [3.05, 3.63) is 41.6 Å². The summed E-state index contributed by atoms with van der Waals surface area (Å²) in [4.78, 5) is 8.18. The largest absolute Gasteiger partial charge is 0.383 e. The van der Waals surface area contributed by atoms with Crippen molar-refractivity contribution >= 4 is 0 Å². The van der Waals surface area contributed by atoms with Crippen LogP contribution in [0.3, 0.4) is 0 Å². The number of imidazole rings is 1. The third-order valence-electron chi connectivity index (χ3n) is 2.85. The molecule has 0 saturated heterocycles. The lowest BCUT2D eigenvalue weighted by Crippen LogP contribution is -2.18. The molecule has 0 bridgehead atoms. The van der Waals surface area contributed by atoms with Gasteiger partial charge in [0.15, 0.2) is 11.4 Å². The minimum Gasteiger partial charge on any atom is -0.383 e. The number of methoxy groups -OCH3 is 1. The van der Waals surface area contributed by atoms with Gasteiger partial charge in [-0.1, -0.05) is 6.07 Å². The van der Waals surface area contributed by atoms with Gasteiger partial charge >= 0.3 is 0 Å². The molecule has 0 unspecified atom stereocenters. The van der Waals surface area contributed by atoms with Gasteiger partial charge in [0.25, 0.3) is 0 Å². The second-order valence-electron chi connectivity index (χ2n) is 4.23. The third-order valence-corrected chi connectivity index (χ3v) is 2.85. The number of ether oxygens (including phenoxy) is 1. The summed E-state index contributed by atoms with van der Waals surface area (Å²) in [5.41, 5.74) is 1.31. The zero-order chi connectivity index (χ0) is 15.1. The van der Waals surface area contributed by atoms with Crippen LogP contribution in [0.2, 0.25) is 0 Å². The summed E-state index contributed by atoms with van der Waals surface area (Å²) in [6.07, 6.45) is 3.15. The molecule has 0 saturated carbocycles. The van der Waals surface area contributed by atoms with Crippen LogP contribution < -0.4 is 5.32 Å². The molecule has 0 aliphatic heterocycles. The molecule has 7 heteroatoms. The Bertz CT molecular complexity index is 677. The van der Waals surface area contributed by atoms with Crippen LogP contribution in [0.15, 0.2) is 24.7 Å². The Labute approximate surface area is 122 Å². The van der Waals surface area contributed by atoms with Gasteiger partial charge in [-0.3, -0.25) is 4.57 Å². The second kappa shape index (κ2) is 7.15. The van der Waals surface area contributed by atoms with Crippen molar-refractivity contribution < 1.29 is 4.74 Å². The quantitative estimate of drug-likeness (QED) is 0.785. The van der Waals surface area contributed by atoms with Gasteiger partial charge in [0.05, 0.1) is 6.61 Å². The molecule has 2 aromatic heterocycles. The minimum atomic E-state index is 0.101. The first-order valence-electron chi connectivity index (χ1n) is 6.32. The van der Waals surface area contributed by atoms with Crippen molar-refractivity contribution in [2.24, 2.45) is 0 Å². The molecule has 0 aliphatic carbocycles. The molecular weight excluding hydrogens is 268 g/mol. The molecule has 0 aromatic carbocycles. The molecule has 0 radical (unpaired) electrons. The number of pyridine rings is 1. The Morgan fingerprint density at radius 2 is 2.14 bits per heavy atom. The van der Waals surface area contributed by atoms with E-state index in [2.05, 4.69) is 15.3 Å². The average molecular weight is 282 g/mol. The maximum Gasteiger partial charge on any atom is 0.177 e. The highest BCUT2D eigenvalue weighted by molar-refractivity contribution is 5.41. The number of hydrogen-bond acceptors (Lipinski definition) is 6. The Morgan fingerprint density at radius 3 is 2.76 bits per heavy atom. The van der Waals surface area contributed by atoms with Crippen molar-refractivity contribution in [3.8, 4) is 18.0 Å². The minimum absolute atomic E-state index is 0.101. The Morgan fingerprint density at radius 1 is 1.29 bits per heavy atom. The van der Waals surface area contributed by atoms with Crippen molar-refractivity contribution in [2.45, 2.75) is 6.54 Å². The molecule has 21 heavy (non-hydrogen) atoms. The van der Waals surface area contributed by atoms with Crippen LogP contribution in [-0.2, 0) is 11.3 Å².